The van der Waals surface area contributed by atoms with Crippen molar-refractivity contribution in [3.05, 3.63) is 23.3 Å². The van der Waals surface area contributed by atoms with Gasteiger partial charge in [0.05, 0.1) is 12.2 Å². The third-order valence-electron chi connectivity index (χ3n) is 2.90. The van der Waals surface area contributed by atoms with Crippen LogP contribution in [0, 0.1) is 13.8 Å². The van der Waals surface area contributed by atoms with E-state index in [2.05, 4.69) is 0 Å². The Hall–Kier alpha value is -1.72. The molecule has 2 rings (SSSR count). The summed E-state index contributed by atoms with van der Waals surface area (Å²) in [5.74, 6) is -0.450. The molecule has 3 nitrogen and oxygen atoms in total. The van der Waals surface area contributed by atoms with Crippen molar-refractivity contribution in [2.75, 3.05) is 18.1 Å². The molecule has 0 aliphatic carbocycles. The highest BCUT2D eigenvalue weighted by Gasteiger charge is 2.35. The third-order valence-corrected chi connectivity index (χ3v) is 2.90. The van der Waals surface area contributed by atoms with Crippen LogP contribution in [0.4, 0.5) is 18.9 Å². The highest BCUT2D eigenvalue weighted by molar-refractivity contribution is 5.96. The summed E-state index contributed by atoms with van der Waals surface area (Å²) in [4.78, 5) is 12.9. The number of carbonyl (C=O) groups is 1. The van der Waals surface area contributed by atoms with Gasteiger partial charge in [0.15, 0.2) is 0 Å². The minimum absolute atomic E-state index is 0.144. The van der Waals surface area contributed by atoms with Crippen molar-refractivity contribution in [3.63, 3.8) is 0 Å². The summed E-state index contributed by atoms with van der Waals surface area (Å²) in [6, 6.07) is 3.55. The Bertz CT molecular complexity index is 511. The number of rotatable bonds is 1. The first-order valence-electron chi connectivity index (χ1n) is 5.89. The van der Waals surface area contributed by atoms with Crippen molar-refractivity contribution in [3.8, 4) is 5.75 Å². The van der Waals surface area contributed by atoms with Crippen LogP contribution >= 0.6 is 0 Å². The first-order chi connectivity index (χ1) is 8.78. The predicted octanol–water partition coefficient (Wildman–Crippen LogP) is 2.98. The maximum Gasteiger partial charge on any atom is 0.397 e. The lowest BCUT2D eigenvalue weighted by Gasteiger charge is -2.31. The molecule has 0 N–H and O–H groups in total. The number of alkyl halides is 3. The number of nitrogens with zero attached hydrogens (tertiary/aromatic N) is 1. The van der Waals surface area contributed by atoms with Crippen LogP contribution in [-0.2, 0) is 4.79 Å². The van der Waals surface area contributed by atoms with E-state index in [9.17, 15) is 18.0 Å². The van der Waals surface area contributed by atoms with E-state index in [0.717, 1.165) is 16.0 Å². The molecule has 19 heavy (non-hydrogen) atoms. The maximum atomic E-state index is 12.3. The van der Waals surface area contributed by atoms with Gasteiger partial charge in [-0.25, -0.2) is 0 Å². The topological polar surface area (TPSA) is 29.5 Å². The zero-order chi connectivity index (χ0) is 14.2. The molecule has 0 atom stereocenters. The van der Waals surface area contributed by atoms with Gasteiger partial charge in [-0.15, -0.1) is 0 Å². The molecule has 0 unspecified atom stereocenters. The lowest BCUT2D eigenvalue weighted by molar-refractivity contribution is -0.152. The summed E-state index contributed by atoms with van der Waals surface area (Å²) in [6.07, 6.45) is -5.94. The molecule has 0 saturated heterocycles. The van der Waals surface area contributed by atoms with Crippen LogP contribution in [0.3, 0.4) is 0 Å². The molecule has 1 amide bonds. The molecule has 1 aromatic carbocycles. The van der Waals surface area contributed by atoms with Gasteiger partial charge in [-0.05, 0) is 31.0 Å². The number of halogens is 3. The Morgan fingerprint density at radius 1 is 1.37 bits per heavy atom. The molecule has 6 heteroatoms. The number of hydrogen-bond acceptors (Lipinski definition) is 2. The summed E-state index contributed by atoms with van der Waals surface area (Å²) in [6.45, 7) is 3.99. The minimum atomic E-state index is -4.49. The third kappa shape index (κ3) is 3.00. The lowest BCUT2D eigenvalue weighted by Crippen LogP contribution is -2.40. The Labute approximate surface area is 109 Å². The van der Waals surface area contributed by atoms with Crippen molar-refractivity contribution in [2.45, 2.75) is 26.4 Å². The van der Waals surface area contributed by atoms with Crippen LogP contribution in [0.2, 0.25) is 0 Å². The highest BCUT2D eigenvalue weighted by atomic mass is 19.4. The highest BCUT2D eigenvalue weighted by Crippen LogP contribution is 2.37. The average Bonchev–Trinajstić information content (AvgIpc) is 2.25. The van der Waals surface area contributed by atoms with Gasteiger partial charge in [0.2, 0.25) is 5.91 Å². The summed E-state index contributed by atoms with van der Waals surface area (Å²) in [5.41, 5.74) is 2.13. The molecule has 0 radical (unpaired) electrons. The van der Waals surface area contributed by atoms with E-state index in [-0.39, 0.29) is 13.2 Å². The van der Waals surface area contributed by atoms with Gasteiger partial charge in [-0.2, -0.15) is 13.2 Å². The summed E-state index contributed by atoms with van der Waals surface area (Å²) in [7, 11) is 0. The van der Waals surface area contributed by atoms with Gasteiger partial charge < -0.3 is 9.64 Å². The zero-order valence-electron chi connectivity index (χ0n) is 10.7. The zero-order valence-corrected chi connectivity index (χ0v) is 10.7. The number of hydrogen-bond donors (Lipinski definition) is 0. The van der Waals surface area contributed by atoms with Crippen LogP contribution < -0.4 is 9.64 Å². The fraction of sp³-hybridized carbons (Fsp3) is 0.462. The second-order valence-corrected chi connectivity index (χ2v) is 4.62. The second kappa shape index (κ2) is 4.75. The second-order valence-electron chi connectivity index (χ2n) is 4.62. The van der Waals surface area contributed by atoms with E-state index in [0.29, 0.717) is 11.4 Å². The van der Waals surface area contributed by atoms with E-state index < -0.39 is 18.5 Å². The first kappa shape index (κ1) is 13.7. The fourth-order valence-corrected chi connectivity index (χ4v) is 2.21. The van der Waals surface area contributed by atoms with Gasteiger partial charge in [0.1, 0.15) is 18.8 Å². The summed E-state index contributed by atoms with van der Waals surface area (Å²) < 4.78 is 42.4. The molecule has 1 aliphatic rings. The van der Waals surface area contributed by atoms with Crippen molar-refractivity contribution >= 4 is 11.6 Å². The van der Waals surface area contributed by atoms with Crippen molar-refractivity contribution < 1.29 is 22.7 Å². The molecule has 0 aromatic heterocycles. The van der Waals surface area contributed by atoms with Gasteiger partial charge in [-0.3, -0.25) is 4.79 Å². The van der Waals surface area contributed by atoms with Crippen molar-refractivity contribution in [1.82, 2.24) is 0 Å². The number of carbonyl (C=O) groups excluding carboxylic acids is 1. The van der Waals surface area contributed by atoms with Crippen LogP contribution in [0.5, 0.6) is 5.75 Å². The molecular weight excluding hydrogens is 259 g/mol. The number of ether oxygens (including phenoxy) is 1. The molecule has 0 spiro atoms. The van der Waals surface area contributed by atoms with Gasteiger partial charge >= 0.3 is 6.18 Å². The fourth-order valence-electron chi connectivity index (χ4n) is 2.21. The van der Waals surface area contributed by atoms with E-state index in [1.165, 1.54) is 0 Å². The van der Waals surface area contributed by atoms with E-state index >= 15 is 0 Å². The number of fused-ring (bicyclic) bond motifs is 1. The Kier molecular flexibility index (Phi) is 3.43. The number of aryl methyl sites for hydroxylation is 2. The van der Waals surface area contributed by atoms with Crippen LogP contribution in [0.15, 0.2) is 12.1 Å². The van der Waals surface area contributed by atoms with E-state index in [1.807, 2.05) is 19.9 Å². The Morgan fingerprint density at radius 2 is 2.05 bits per heavy atom. The summed E-state index contributed by atoms with van der Waals surface area (Å²) in [5, 5.41) is 0. The quantitative estimate of drug-likeness (QED) is 0.787. The normalized spacial score (nSPS) is 14.9. The average molecular weight is 273 g/mol. The van der Waals surface area contributed by atoms with Crippen LogP contribution in [0.25, 0.3) is 0 Å². The standard InChI is InChI=1S/C13H14F3NO2/c1-8-5-9(2)12-10(6-8)17(3-4-19-12)11(18)7-13(14,15)16/h5-6H,3-4,7H2,1-2H3. The van der Waals surface area contributed by atoms with E-state index in [1.54, 1.807) is 6.07 Å². The molecule has 0 saturated carbocycles. The van der Waals surface area contributed by atoms with Crippen molar-refractivity contribution in [2.24, 2.45) is 0 Å². The molecule has 1 heterocycles. The predicted molar refractivity (Wildman–Crippen MR) is 64.4 cm³/mol. The molecule has 0 fully saturated rings. The molecule has 1 aromatic rings. The van der Waals surface area contributed by atoms with Crippen molar-refractivity contribution in [1.29, 1.82) is 0 Å². The number of benzene rings is 1. The van der Waals surface area contributed by atoms with Crippen LogP contribution in [0.1, 0.15) is 17.5 Å². The lowest BCUT2D eigenvalue weighted by atomic mass is 10.1. The van der Waals surface area contributed by atoms with E-state index in [4.69, 9.17) is 4.74 Å². The molecule has 0 bridgehead atoms. The smallest absolute Gasteiger partial charge is 0.397 e. The Morgan fingerprint density at radius 3 is 2.68 bits per heavy atom. The summed E-state index contributed by atoms with van der Waals surface area (Å²) >= 11 is 0. The van der Waals surface area contributed by atoms with Gasteiger partial charge in [-0.1, -0.05) is 6.07 Å². The van der Waals surface area contributed by atoms with Crippen LogP contribution in [-0.4, -0.2) is 25.2 Å². The molecular formula is C13H14F3NO2. The SMILES string of the molecule is Cc1cc(C)c2c(c1)N(C(=O)CC(F)(F)F)CCO2. The minimum Gasteiger partial charge on any atom is -0.489 e. The first-order valence-corrected chi connectivity index (χ1v) is 5.89. The largest absolute Gasteiger partial charge is 0.489 e. The Balaban J connectivity index is 2.34. The number of amides is 1. The maximum absolute atomic E-state index is 12.3. The molecule has 104 valence electrons. The monoisotopic (exact) mass is 273 g/mol. The van der Waals surface area contributed by atoms with Gasteiger partial charge in [0.25, 0.3) is 0 Å². The molecule has 1 aliphatic heterocycles. The number of anilines is 1. The van der Waals surface area contributed by atoms with Gasteiger partial charge in [0, 0.05) is 0 Å².